The van der Waals surface area contributed by atoms with Crippen LogP contribution < -0.4 is 0 Å². The minimum atomic E-state index is 0. The fourth-order valence-corrected chi connectivity index (χ4v) is 3.26. The number of hydrogen-bond acceptors (Lipinski definition) is 1. The molecule has 0 bridgehead atoms. The largest absolute Gasteiger partial charge is 0.179 e. The molecular formula is C20H35IS. The molecule has 0 spiro atoms. The van der Waals surface area contributed by atoms with Gasteiger partial charge in [0.25, 0.3) is 0 Å². The van der Waals surface area contributed by atoms with Crippen molar-refractivity contribution in [3.8, 4) is 0 Å². The number of halogens is 1. The molecule has 0 aliphatic heterocycles. The maximum absolute atomic E-state index is 4.54. The molecular weight excluding hydrogens is 399 g/mol. The molecule has 22 heavy (non-hydrogen) atoms. The first-order valence-electron chi connectivity index (χ1n) is 9.01. The van der Waals surface area contributed by atoms with Gasteiger partial charge in [0.2, 0.25) is 0 Å². The molecule has 1 aromatic carbocycles. The molecule has 1 unspecified atom stereocenters. The van der Waals surface area contributed by atoms with E-state index < -0.39 is 0 Å². The van der Waals surface area contributed by atoms with Gasteiger partial charge in [0.15, 0.2) is 0 Å². The van der Waals surface area contributed by atoms with Gasteiger partial charge in [-0.1, -0.05) is 95.0 Å². The fourth-order valence-electron chi connectivity index (χ4n) is 2.95. The second-order valence-electron chi connectivity index (χ2n) is 6.36. The predicted molar refractivity (Wildman–Crippen MR) is 115 cm³/mol. The van der Waals surface area contributed by atoms with Crippen molar-refractivity contribution in [1.29, 1.82) is 0 Å². The van der Waals surface area contributed by atoms with Crippen molar-refractivity contribution in [3.63, 3.8) is 0 Å². The summed E-state index contributed by atoms with van der Waals surface area (Å²) in [6.07, 6.45) is 15.3. The first-order chi connectivity index (χ1) is 10.4. The lowest BCUT2D eigenvalue weighted by molar-refractivity contribution is 0.484. The number of hydrogen-bond donors (Lipinski definition) is 1. The van der Waals surface area contributed by atoms with E-state index in [1.807, 2.05) is 0 Å². The molecule has 0 amide bonds. The Balaban J connectivity index is 0.00000441. The lowest BCUT2D eigenvalue weighted by Gasteiger charge is -2.14. The summed E-state index contributed by atoms with van der Waals surface area (Å²) in [5, 5.41) is 0. The van der Waals surface area contributed by atoms with Gasteiger partial charge in [-0.2, -0.15) is 12.6 Å². The van der Waals surface area contributed by atoms with Crippen molar-refractivity contribution in [2.75, 3.05) is 5.75 Å². The van der Waals surface area contributed by atoms with Gasteiger partial charge >= 0.3 is 0 Å². The number of unbranched alkanes of at least 4 members (excludes halogenated alkanes) is 8. The van der Waals surface area contributed by atoms with Gasteiger partial charge in [0.1, 0.15) is 0 Å². The van der Waals surface area contributed by atoms with Gasteiger partial charge in [0.05, 0.1) is 0 Å². The van der Waals surface area contributed by atoms with Crippen LogP contribution in [-0.4, -0.2) is 5.75 Å². The molecule has 0 fully saturated rings. The Labute approximate surface area is 161 Å². The zero-order chi connectivity index (χ0) is 15.2. The molecule has 0 heterocycles. The average molecular weight is 434 g/mol. The van der Waals surface area contributed by atoms with Crippen LogP contribution in [0.25, 0.3) is 0 Å². The molecule has 1 rings (SSSR count). The molecule has 128 valence electrons. The molecule has 0 aromatic heterocycles. The van der Waals surface area contributed by atoms with E-state index in [1.165, 1.54) is 76.2 Å². The second kappa shape index (κ2) is 16.2. The van der Waals surface area contributed by atoms with Crippen molar-refractivity contribution in [3.05, 3.63) is 35.9 Å². The monoisotopic (exact) mass is 434 g/mol. The van der Waals surface area contributed by atoms with E-state index in [-0.39, 0.29) is 24.0 Å². The summed E-state index contributed by atoms with van der Waals surface area (Å²) < 4.78 is 0. The van der Waals surface area contributed by atoms with E-state index in [0.717, 1.165) is 11.7 Å². The van der Waals surface area contributed by atoms with Gasteiger partial charge in [-0.15, -0.1) is 24.0 Å². The van der Waals surface area contributed by atoms with Crippen molar-refractivity contribution in [2.24, 2.45) is 5.92 Å². The molecule has 0 N–H and O–H groups in total. The fraction of sp³-hybridized carbons (Fsp3) is 0.700. The Bertz CT molecular complexity index is 326. The second-order valence-corrected chi connectivity index (χ2v) is 6.72. The van der Waals surface area contributed by atoms with E-state index in [9.17, 15) is 0 Å². The maximum atomic E-state index is 4.54. The number of thiol groups is 1. The Kier molecular flexibility index (Phi) is 16.4. The van der Waals surface area contributed by atoms with Crippen LogP contribution in [0.15, 0.2) is 30.3 Å². The molecule has 0 nitrogen and oxygen atoms in total. The first kappa shape index (κ1) is 22.3. The summed E-state index contributed by atoms with van der Waals surface area (Å²) in [4.78, 5) is 0. The highest BCUT2D eigenvalue weighted by atomic mass is 127. The van der Waals surface area contributed by atoms with Crippen LogP contribution in [0, 0.1) is 5.92 Å². The molecule has 0 saturated carbocycles. The summed E-state index contributed by atoms with van der Waals surface area (Å²) in [6.45, 7) is 2.29. The van der Waals surface area contributed by atoms with Gasteiger partial charge < -0.3 is 0 Å². The summed E-state index contributed by atoms with van der Waals surface area (Å²) in [6, 6.07) is 10.9. The Hall–Kier alpha value is 0.300. The summed E-state index contributed by atoms with van der Waals surface area (Å²) in [5.74, 6) is 1.77. The van der Waals surface area contributed by atoms with E-state index in [2.05, 4.69) is 49.9 Å². The lowest BCUT2D eigenvalue weighted by atomic mass is 9.95. The molecule has 1 aromatic rings. The van der Waals surface area contributed by atoms with Gasteiger partial charge in [-0.05, 0) is 30.1 Å². The van der Waals surface area contributed by atoms with Crippen molar-refractivity contribution in [1.82, 2.24) is 0 Å². The molecule has 0 aliphatic rings. The highest BCUT2D eigenvalue weighted by molar-refractivity contribution is 14.0. The Morgan fingerprint density at radius 2 is 1.36 bits per heavy atom. The van der Waals surface area contributed by atoms with Crippen LogP contribution in [-0.2, 0) is 6.42 Å². The van der Waals surface area contributed by atoms with E-state index in [4.69, 9.17) is 0 Å². The Morgan fingerprint density at radius 3 is 1.91 bits per heavy atom. The van der Waals surface area contributed by atoms with Crippen LogP contribution in [0.1, 0.15) is 76.7 Å². The summed E-state index contributed by atoms with van der Waals surface area (Å²) >= 11 is 4.54. The van der Waals surface area contributed by atoms with Crippen LogP contribution in [0.3, 0.4) is 0 Å². The van der Waals surface area contributed by atoms with Gasteiger partial charge in [-0.25, -0.2) is 0 Å². The molecule has 0 radical (unpaired) electrons. The third-order valence-electron chi connectivity index (χ3n) is 4.34. The third-order valence-corrected chi connectivity index (χ3v) is 4.86. The van der Waals surface area contributed by atoms with Crippen LogP contribution in [0.2, 0.25) is 0 Å². The van der Waals surface area contributed by atoms with Crippen LogP contribution in [0.5, 0.6) is 0 Å². The predicted octanol–water partition coefficient (Wildman–Crippen LogP) is 7.31. The van der Waals surface area contributed by atoms with E-state index >= 15 is 0 Å². The topological polar surface area (TPSA) is 0 Å². The quantitative estimate of drug-likeness (QED) is 0.188. The molecule has 0 saturated heterocycles. The standard InChI is InChI=1S/C20H34S.HI/c1-2-3-4-5-6-7-8-9-11-16-20(18-21)17-19-14-12-10-13-15-19;/h10,12-15,20-21H,2-9,11,16-18H2,1H3;1H. The van der Waals surface area contributed by atoms with Gasteiger partial charge in [0, 0.05) is 0 Å². The van der Waals surface area contributed by atoms with Gasteiger partial charge in [-0.3, -0.25) is 0 Å². The summed E-state index contributed by atoms with van der Waals surface area (Å²) in [5.41, 5.74) is 1.47. The highest BCUT2D eigenvalue weighted by Gasteiger charge is 2.07. The zero-order valence-corrected chi connectivity index (χ0v) is 17.5. The number of benzene rings is 1. The van der Waals surface area contributed by atoms with Crippen molar-refractivity contribution in [2.45, 2.75) is 77.6 Å². The SMILES string of the molecule is CCCCCCCCCCCC(CS)Cc1ccccc1.I. The minimum Gasteiger partial charge on any atom is -0.179 e. The zero-order valence-electron chi connectivity index (χ0n) is 14.3. The highest BCUT2D eigenvalue weighted by Crippen LogP contribution is 2.18. The summed E-state index contributed by atoms with van der Waals surface area (Å²) in [7, 11) is 0. The van der Waals surface area contributed by atoms with Crippen molar-refractivity contribution < 1.29 is 0 Å². The third kappa shape index (κ3) is 11.8. The Morgan fingerprint density at radius 1 is 0.818 bits per heavy atom. The van der Waals surface area contributed by atoms with Crippen LogP contribution >= 0.6 is 36.6 Å². The van der Waals surface area contributed by atoms with Crippen LogP contribution in [0.4, 0.5) is 0 Å². The number of rotatable bonds is 13. The lowest BCUT2D eigenvalue weighted by Crippen LogP contribution is -2.06. The minimum absolute atomic E-state index is 0. The van der Waals surface area contributed by atoms with E-state index in [0.29, 0.717) is 0 Å². The normalized spacial score (nSPS) is 11.9. The van der Waals surface area contributed by atoms with Crippen molar-refractivity contribution >= 4 is 36.6 Å². The molecule has 1 atom stereocenters. The maximum Gasteiger partial charge on any atom is -0.00663 e. The van der Waals surface area contributed by atoms with E-state index in [1.54, 1.807) is 0 Å². The first-order valence-corrected chi connectivity index (χ1v) is 9.64. The molecule has 2 heteroatoms. The average Bonchev–Trinajstić information content (AvgIpc) is 2.53. The molecule has 0 aliphatic carbocycles. The smallest absolute Gasteiger partial charge is 0.00663 e.